The van der Waals surface area contributed by atoms with Crippen LogP contribution < -0.4 is 5.32 Å². The maximum absolute atomic E-state index is 12.6. The smallest absolute Gasteiger partial charge is 0.310 e. The third kappa shape index (κ3) is 4.18. The average molecular weight is 362 g/mol. The Morgan fingerprint density at radius 3 is 2.81 bits per heavy atom. The quantitative estimate of drug-likeness (QED) is 0.506. The van der Waals surface area contributed by atoms with Crippen molar-refractivity contribution in [1.29, 1.82) is 0 Å². The predicted octanol–water partition coefficient (Wildman–Crippen LogP) is 5.11. The number of rotatable bonds is 7. The summed E-state index contributed by atoms with van der Waals surface area (Å²) >= 11 is 0. The molecule has 0 amide bonds. The first-order valence-corrected chi connectivity index (χ1v) is 10.9. The van der Waals surface area contributed by atoms with Crippen LogP contribution >= 0.6 is 0 Å². The zero-order valence-corrected chi connectivity index (χ0v) is 17.4. The second-order valence-electron chi connectivity index (χ2n) is 10.0. The largest absolute Gasteiger partial charge is 0.462 e. The van der Waals surface area contributed by atoms with Crippen LogP contribution in [0, 0.1) is 29.1 Å². The zero-order chi connectivity index (χ0) is 18.9. The number of carbonyl (C=O) groups excluding carboxylic acids is 1. The molecule has 2 saturated carbocycles. The van der Waals surface area contributed by atoms with Gasteiger partial charge in [0.2, 0.25) is 0 Å². The Morgan fingerprint density at radius 1 is 1.31 bits per heavy atom. The van der Waals surface area contributed by atoms with Gasteiger partial charge in [-0.2, -0.15) is 0 Å². The van der Waals surface area contributed by atoms with E-state index in [0.29, 0.717) is 23.3 Å². The fourth-order valence-corrected chi connectivity index (χ4v) is 5.75. The highest BCUT2D eigenvalue weighted by molar-refractivity contribution is 5.75. The molecule has 3 rings (SSSR count). The molecular formula is C23H39NO2. The highest BCUT2D eigenvalue weighted by Crippen LogP contribution is 2.56. The molecule has 1 heterocycles. The van der Waals surface area contributed by atoms with Gasteiger partial charge in [-0.1, -0.05) is 45.8 Å². The molecule has 3 fully saturated rings. The third-order valence-corrected chi connectivity index (χ3v) is 7.42. The molecule has 2 aliphatic carbocycles. The van der Waals surface area contributed by atoms with E-state index in [4.69, 9.17) is 4.74 Å². The summed E-state index contributed by atoms with van der Waals surface area (Å²) in [5.41, 5.74) is 1.72. The van der Waals surface area contributed by atoms with Crippen molar-refractivity contribution in [2.24, 2.45) is 29.1 Å². The van der Waals surface area contributed by atoms with Crippen LogP contribution in [-0.2, 0) is 9.53 Å². The number of carbonyl (C=O) groups is 1. The number of esters is 1. The van der Waals surface area contributed by atoms with Crippen LogP contribution in [0.5, 0.6) is 0 Å². The van der Waals surface area contributed by atoms with Gasteiger partial charge in [-0.05, 0) is 62.7 Å². The molecule has 1 saturated heterocycles. The molecule has 0 radical (unpaired) electrons. The molecule has 6 atom stereocenters. The van der Waals surface area contributed by atoms with Crippen LogP contribution in [0.15, 0.2) is 12.2 Å². The molecule has 0 aromatic rings. The maximum atomic E-state index is 12.6. The van der Waals surface area contributed by atoms with E-state index in [1.165, 1.54) is 44.1 Å². The standard InChI is InChI=1S/C23H39NO2/c1-15(2)8-6-10-17(4)24-14-19-18-12-20-16(3)9-7-11-23(20,5)13-21(18)26-22(19)25/h15,17-21,24H,3,6-14H2,1-2,4-5H3/t17-,18+,19+,20-,21+,23+/m0/s1. The number of hydrogen-bond acceptors (Lipinski definition) is 3. The van der Waals surface area contributed by atoms with Gasteiger partial charge in [-0.15, -0.1) is 0 Å². The van der Waals surface area contributed by atoms with Gasteiger partial charge in [0.1, 0.15) is 6.10 Å². The predicted molar refractivity (Wildman–Crippen MR) is 107 cm³/mol. The highest BCUT2D eigenvalue weighted by Gasteiger charge is 2.54. The number of ether oxygens (including phenoxy) is 1. The van der Waals surface area contributed by atoms with Gasteiger partial charge in [0.05, 0.1) is 5.92 Å². The topological polar surface area (TPSA) is 38.3 Å². The molecule has 1 N–H and O–H groups in total. The van der Waals surface area contributed by atoms with E-state index in [9.17, 15) is 4.79 Å². The summed E-state index contributed by atoms with van der Waals surface area (Å²) in [7, 11) is 0. The molecule has 1 aliphatic heterocycles. The van der Waals surface area contributed by atoms with Crippen molar-refractivity contribution in [3.63, 3.8) is 0 Å². The van der Waals surface area contributed by atoms with Crippen molar-refractivity contribution >= 4 is 5.97 Å². The lowest BCUT2D eigenvalue weighted by atomic mass is 9.55. The summed E-state index contributed by atoms with van der Waals surface area (Å²) in [6.07, 6.45) is 9.67. The Morgan fingerprint density at radius 2 is 2.08 bits per heavy atom. The Labute approximate surface area is 160 Å². The lowest BCUT2D eigenvalue weighted by Crippen LogP contribution is -2.45. The molecule has 3 heteroatoms. The second kappa shape index (κ2) is 8.04. The zero-order valence-electron chi connectivity index (χ0n) is 17.4. The van der Waals surface area contributed by atoms with Crippen molar-refractivity contribution in [3.8, 4) is 0 Å². The summed E-state index contributed by atoms with van der Waals surface area (Å²) in [6.45, 7) is 14.4. The van der Waals surface area contributed by atoms with Crippen molar-refractivity contribution < 1.29 is 9.53 Å². The first-order valence-electron chi connectivity index (χ1n) is 10.9. The van der Waals surface area contributed by atoms with Crippen LogP contribution in [0.3, 0.4) is 0 Å². The molecule has 26 heavy (non-hydrogen) atoms. The molecule has 0 aromatic carbocycles. The molecule has 0 unspecified atom stereocenters. The Balaban J connectivity index is 1.56. The van der Waals surface area contributed by atoms with Crippen molar-refractivity contribution in [2.45, 2.75) is 91.2 Å². The van der Waals surface area contributed by atoms with Gasteiger partial charge in [-0.3, -0.25) is 4.79 Å². The van der Waals surface area contributed by atoms with E-state index in [1.807, 2.05) is 0 Å². The van der Waals surface area contributed by atoms with E-state index < -0.39 is 0 Å². The lowest BCUT2D eigenvalue weighted by molar-refractivity contribution is -0.146. The summed E-state index contributed by atoms with van der Waals surface area (Å²) in [5.74, 6) is 1.80. The Kier molecular flexibility index (Phi) is 6.16. The van der Waals surface area contributed by atoms with Crippen molar-refractivity contribution in [2.75, 3.05) is 6.54 Å². The average Bonchev–Trinajstić information content (AvgIpc) is 2.84. The summed E-state index contributed by atoms with van der Waals surface area (Å²) in [6, 6.07) is 0.471. The molecule has 3 nitrogen and oxygen atoms in total. The first-order chi connectivity index (χ1) is 12.3. The van der Waals surface area contributed by atoms with E-state index in [1.54, 1.807) is 0 Å². The van der Waals surface area contributed by atoms with Gasteiger partial charge < -0.3 is 10.1 Å². The monoisotopic (exact) mass is 361 g/mol. The first kappa shape index (κ1) is 19.9. The van der Waals surface area contributed by atoms with Crippen LogP contribution in [-0.4, -0.2) is 24.7 Å². The number of fused-ring (bicyclic) bond motifs is 2. The summed E-state index contributed by atoms with van der Waals surface area (Å²) < 4.78 is 5.86. The third-order valence-electron chi connectivity index (χ3n) is 7.42. The van der Waals surface area contributed by atoms with Gasteiger partial charge >= 0.3 is 5.97 Å². The van der Waals surface area contributed by atoms with Gasteiger partial charge in [0.25, 0.3) is 0 Å². The maximum Gasteiger partial charge on any atom is 0.310 e. The summed E-state index contributed by atoms with van der Waals surface area (Å²) in [4.78, 5) is 12.6. The van der Waals surface area contributed by atoms with Crippen LogP contribution in [0.1, 0.15) is 79.1 Å². The van der Waals surface area contributed by atoms with Gasteiger partial charge in [0.15, 0.2) is 0 Å². The minimum Gasteiger partial charge on any atom is -0.462 e. The highest BCUT2D eigenvalue weighted by atomic mass is 16.6. The van der Waals surface area contributed by atoms with Crippen LogP contribution in [0.2, 0.25) is 0 Å². The minimum absolute atomic E-state index is 0.0341. The van der Waals surface area contributed by atoms with Crippen LogP contribution in [0.25, 0.3) is 0 Å². The fourth-order valence-electron chi connectivity index (χ4n) is 5.75. The van der Waals surface area contributed by atoms with E-state index in [-0.39, 0.29) is 18.0 Å². The molecule has 0 aromatic heterocycles. The lowest BCUT2D eigenvalue weighted by Gasteiger charge is -2.50. The van der Waals surface area contributed by atoms with E-state index >= 15 is 0 Å². The normalized spacial score (nSPS) is 38.0. The summed E-state index contributed by atoms with van der Waals surface area (Å²) in [5, 5.41) is 3.63. The SMILES string of the molecule is C=C1CCC[C@]2(C)C[C@H]3OC(=O)[C@H](CN[C@@H](C)CCCC(C)C)[C@H]3C[C@@H]12. The van der Waals surface area contributed by atoms with E-state index in [2.05, 4.69) is 39.6 Å². The fraction of sp³-hybridized carbons (Fsp3) is 0.870. The molecule has 148 valence electrons. The molecular weight excluding hydrogens is 322 g/mol. The van der Waals surface area contributed by atoms with Gasteiger partial charge in [-0.25, -0.2) is 0 Å². The minimum atomic E-state index is 0.0341. The van der Waals surface area contributed by atoms with Crippen molar-refractivity contribution in [3.05, 3.63) is 12.2 Å². The Hall–Kier alpha value is -0.830. The molecule has 0 bridgehead atoms. The Bertz CT molecular complexity index is 528. The van der Waals surface area contributed by atoms with Crippen molar-refractivity contribution in [1.82, 2.24) is 5.32 Å². The van der Waals surface area contributed by atoms with Gasteiger partial charge in [0, 0.05) is 18.5 Å². The molecule has 3 aliphatic rings. The van der Waals surface area contributed by atoms with Crippen LogP contribution in [0.4, 0.5) is 0 Å². The number of nitrogens with one attached hydrogen (secondary N) is 1. The molecule has 0 spiro atoms. The van der Waals surface area contributed by atoms with E-state index in [0.717, 1.165) is 25.3 Å². The number of allylic oxidation sites excluding steroid dienone is 1. The number of hydrogen-bond donors (Lipinski definition) is 1. The second-order valence-corrected chi connectivity index (χ2v) is 10.0.